The third-order valence-electron chi connectivity index (χ3n) is 7.27. The van der Waals surface area contributed by atoms with Gasteiger partial charge in [0.15, 0.2) is 0 Å². The zero-order valence-corrected chi connectivity index (χ0v) is 35.2. The van der Waals surface area contributed by atoms with Crippen molar-refractivity contribution in [1.82, 2.24) is 4.90 Å². The van der Waals surface area contributed by atoms with Crippen LogP contribution in [0.5, 0.6) is 23.0 Å². The summed E-state index contributed by atoms with van der Waals surface area (Å²) in [7, 11) is 7.11. The van der Waals surface area contributed by atoms with Gasteiger partial charge in [-0.25, -0.2) is 16.8 Å². The van der Waals surface area contributed by atoms with E-state index < -0.39 is 45.1 Å². The van der Waals surface area contributed by atoms with Gasteiger partial charge in [0.1, 0.15) is 23.0 Å². The molecule has 1 aliphatic rings. The van der Waals surface area contributed by atoms with Crippen molar-refractivity contribution in [3.63, 3.8) is 0 Å². The number of hydrogen-bond acceptors (Lipinski definition) is 11. The molecule has 0 spiro atoms. The highest BCUT2D eigenvalue weighted by molar-refractivity contribution is 9.09. The lowest BCUT2D eigenvalue weighted by molar-refractivity contribution is 0.349. The maximum absolute atomic E-state index is 12.0. The summed E-state index contributed by atoms with van der Waals surface area (Å²) in [5.41, 5.74) is 5.47. The molecule has 13 nitrogen and oxygen atoms in total. The van der Waals surface area contributed by atoms with Crippen molar-refractivity contribution in [2.75, 3.05) is 42.9 Å². The Kier molecular flexibility index (Phi) is 16.9. The predicted octanol–water partition coefficient (Wildman–Crippen LogP) is 7.21. The van der Waals surface area contributed by atoms with Crippen LogP contribution in [0.2, 0.25) is 0 Å². The lowest BCUT2D eigenvalue weighted by Gasteiger charge is -2.19. The quantitative estimate of drug-likeness (QED) is 0.106. The number of anilines is 2. The molecule has 0 radical (unpaired) electrons. The van der Waals surface area contributed by atoms with E-state index in [0.717, 1.165) is 48.5 Å². The third kappa shape index (κ3) is 10.8. The fourth-order valence-corrected chi connectivity index (χ4v) is 9.28. The number of ether oxygens (including phenoxy) is 2. The van der Waals surface area contributed by atoms with Gasteiger partial charge in [-0.2, -0.15) is 7.42 Å². The molecule has 0 saturated heterocycles. The molecule has 1 aliphatic heterocycles. The molecule has 282 valence electrons. The van der Waals surface area contributed by atoms with E-state index in [1.54, 1.807) is 48.5 Å². The molecule has 19 heteroatoms. The monoisotopic (exact) mass is 921 g/mol. The van der Waals surface area contributed by atoms with Gasteiger partial charge in [-0.05, 0) is 78.8 Å². The van der Waals surface area contributed by atoms with Gasteiger partial charge in [0.25, 0.3) is 45.1 Å². The molecule has 0 bridgehead atoms. The number of rotatable bonds is 16. The van der Waals surface area contributed by atoms with Crippen LogP contribution in [0.15, 0.2) is 84.9 Å². The molecule has 0 saturated carbocycles. The van der Waals surface area contributed by atoms with Crippen LogP contribution in [0.4, 0.5) is 11.4 Å². The first-order chi connectivity index (χ1) is 25.1. The number of alkyl halides is 2. The zero-order chi connectivity index (χ0) is 37.8. The van der Waals surface area contributed by atoms with Gasteiger partial charge in [-0.15, -0.1) is 0 Å². The summed E-state index contributed by atoms with van der Waals surface area (Å²) < 4.78 is 80.9. The molecule has 4 aromatic rings. The highest BCUT2D eigenvalue weighted by atomic mass is 79.9. The van der Waals surface area contributed by atoms with Crippen molar-refractivity contribution in [3.05, 3.63) is 107 Å². The summed E-state index contributed by atoms with van der Waals surface area (Å²) in [6, 6.07) is 25.3. The predicted molar refractivity (Wildman–Crippen MR) is 212 cm³/mol. The Labute approximate surface area is 330 Å². The maximum Gasteiger partial charge on any atom is 0.278 e. The molecule has 5 rings (SSSR count). The van der Waals surface area contributed by atoms with E-state index in [-0.39, 0.29) is 0 Å². The number of halogens is 2. The molecule has 52 heavy (non-hydrogen) atoms. The molecule has 0 fully saturated rings. The first-order valence-electron chi connectivity index (χ1n) is 15.1. The Bertz CT molecular complexity index is 1860. The van der Waals surface area contributed by atoms with Crippen molar-refractivity contribution in [2.24, 2.45) is 0 Å². The van der Waals surface area contributed by atoms with Gasteiger partial charge in [0.05, 0.1) is 39.8 Å². The highest BCUT2D eigenvalue weighted by Gasteiger charge is 2.24. The third-order valence-corrected chi connectivity index (χ3v) is 13.0. The van der Waals surface area contributed by atoms with E-state index >= 15 is 0 Å². The Hall–Kier alpha value is -2.56. The van der Waals surface area contributed by atoms with Crippen molar-refractivity contribution in [2.45, 2.75) is 23.7 Å². The van der Waals surface area contributed by atoms with E-state index in [1.165, 1.54) is 39.6 Å². The molecular weight excluding hydrogens is 886 g/mol. The molecule has 0 aromatic heterocycles. The minimum absolute atomic E-state index is 0.410. The fourth-order valence-electron chi connectivity index (χ4n) is 4.87. The smallest absolute Gasteiger partial charge is 0.278 e. The standard InChI is InChI=1S/C17H20N2O5S2.C16H17Br2NO5S2/c1-18-11-13-5-4-6-17(16(13)12-18)24-15-9-7-14(8-10-15)19(25(20)22-2)26(21)23-3;1-22-25(20)19(26(21)23-2)13-6-8-14(9-7-13)24-16-5-3-4-12(10-17)15(16)11-18/h4-10H,11-12H2,1-3H3;3-9H,10-11H2,1-2H3. The van der Waals surface area contributed by atoms with Crippen molar-refractivity contribution >= 4 is 88.3 Å². The Morgan fingerprint density at radius 2 is 1.04 bits per heavy atom. The number of fused-ring (bicyclic) bond motifs is 1. The SMILES string of the molecule is COS(=O)N(c1ccc(Oc2cccc(CBr)c2CBr)cc1)S(=O)OC.COS(=O)N(c1ccc(Oc2cccc3c2CN(C)C3)cc1)S(=O)OC. The number of nitrogens with zero attached hydrogens (tertiary/aromatic N) is 3. The second-order valence-corrected chi connectivity index (χ2v) is 16.6. The van der Waals surface area contributed by atoms with Crippen LogP contribution in [0.3, 0.4) is 0 Å². The van der Waals surface area contributed by atoms with Crippen LogP contribution in [-0.2, 0) is 85.5 Å². The summed E-state index contributed by atoms with van der Waals surface area (Å²) in [6.07, 6.45) is 0. The van der Waals surface area contributed by atoms with Crippen LogP contribution in [0, 0.1) is 0 Å². The Morgan fingerprint density at radius 1 is 0.596 bits per heavy atom. The van der Waals surface area contributed by atoms with Crippen molar-refractivity contribution < 1.29 is 43.0 Å². The molecule has 0 N–H and O–H groups in total. The first kappa shape index (κ1) is 42.2. The van der Waals surface area contributed by atoms with Crippen LogP contribution in [-0.4, -0.2) is 57.2 Å². The number of hydrogen-bond donors (Lipinski definition) is 0. The van der Waals surface area contributed by atoms with E-state index in [1.807, 2.05) is 30.3 Å². The topological polar surface area (TPSA) is 133 Å². The van der Waals surface area contributed by atoms with Gasteiger partial charge in [0, 0.05) is 34.9 Å². The molecule has 4 unspecified atom stereocenters. The fraction of sp³-hybridized carbons (Fsp3) is 0.273. The maximum atomic E-state index is 12.0. The van der Waals surface area contributed by atoms with Crippen LogP contribution < -0.4 is 16.9 Å². The summed E-state index contributed by atoms with van der Waals surface area (Å²) >= 11 is -0.792. The van der Waals surface area contributed by atoms with Crippen LogP contribution in [0.25, 0.3) is 0 Å². The van der Waals surface area contributed by atoms with Gasteiger partial charge in [-0.3, -0.25) is 21.6 Å². The number of benzene rings is 4. The second-order valence-electron chi connectivity index (χ2n) is 10.5. The van der Waals surface area contributed by atoms with E-state index in [0.29, 0.717) is 28.2 Å². The average Bonchev–Trinajstić information content (AvgIpc) is 3.57. The molecule has 0 amide bonds. The summed E-state index contributed by atoms with van der Waals surface area (Å²) in [5, 5.41) is 1.39. The minimum Gasteiger partial charge on any atom is -0.457 e. The van der Waals surface area contributed by atoms with E-state index in [9.17, 15) is 16.8 Å². The normalized spacial score (nSPS) is 14.7. The Morgan fingerprint density at radius 3 is 1.48 bits per heavy atom. The van der Waals surface area contributed by atoms with Gasteiger partial charge in [-0.1, -0.05) is 56.1 Å². The summed E-state index contributed by atoms with van der Waals surface area (Å²) in [5.74, 6) is 2.78. The molecule has 4 aromatic carbocycles. The second kappa shape index (κ2) is 20.8. The van der Waals surface area contributed by atoms with Crippen molar-refractivity contribution in [1.29, 1.82) is 0 Å². The first-order valence-corrected chi connectivity index (χ1v) is 21.5. The average molecular weight is 924 g/mol. The van der Waals surface area contributed by atoms with Gasteiger partial charge >= 0.3 is 0 Å². The lowest BCUT2D eigenvalue weighted by atomic mass is 10.1. The lowest BCUT2D eigenvalue weighted by Crippen LogP contribution is -2.29. The van der Waals surface area contributed by atoms with E-state index in [4.69, 9.17) is 26.2 Å². The summed E-state index contributed by atoms with van der Waals surface area (Å²) in [6.45, 7) is 1.75. The molecule has 0 aliphatic carbocycles. The van der Waals surface area contributed by atoms with Gasteiger partial charge < -0.3 is 9.47 Å². The largest absolute Gasteiger partial charge is 0.457 e. The Balaban J connectivity index is 0.000000233. The molecule has 1 heterocycles. The van der Waals surface area contributed by atoms with Crippen LogP contribution >= 0.6 is 31.9 Å². The highest BCUT2D eigenvalue weighted by Crippen LogP contribution is 2.35. The van der Waals surface area contributed by atoms with Crippen LogP contribution in [0.1, 0.15) is 22.3 Å². The van der Waals surface area contributed by atoms with E-state index in [2.05, 4.69) is 49.9 Å². The molecule has 4 atom stereocenters. The molecular formula is C33H37Br2N3O10S4. The van der Waals surface area contributed by atoms with Gasteiger partial charge in [0.2, 0.25) is 0 Å². The minimum atomic E-state index is -1.94. The zero-order valence-electron chi connectivity index (χ0n) is 28.7. The summed E-state index contributed by atoms with van der Waals surface area (Å²) in [4.78, 5) is 2.22. The van der Waals surface area contributed by atoms with Crippen molar-refractivity contribution in [3.8, 4) is 23.0 Å².